The minimum Gasteiger partial charge on any atom is -0.497 e. The number of aromatic nitrogens is 2. The van der Waals surface area contributed by atoms with E-state index in [4.69, 9.17) is 10.5 Å². The Morgan fingerprint density at radius 3 is 2.47 bits per heavy atom. The van der Waals surface area contributed by atoms with Crippen LogP contribution < -0.4 is 15.8 Å². The first-order valence-corrected chi connectivity index (χ1v) is 11.8. The molecule has 0 bridgehead atoms. The van der Waals surface area contributed by atoms with Crippen molar-refractivity contribution >= 4 is 39.0 Å². The molecular formula is C20H20F2N4O4S2. The van der Waals surface area contributed by atoms with Crippen LogP contribution in [0.2, 0.25) is 0 Å². The molecule has 0 saturated carbocycles. The molecule has 8 nitrogen and oxygen atoms in total. The second kappa shape index (κ2) is 9.57. The lowest BCUT2D eigenvalue weighted by atomic mass is 10.3. The summed E-state index contributed by atoms with van der Waals surface area (Å²) >= 11 is 1.16. The number of carbonyl (C=O) groups excluding carboxylic acids is 1. The van der Waals surface area contributed by atoms with E-state index in [1.807, 2.05) is 6.92 Å². The number of rotatable bonds is 8. The van der Waals surface area contributed by atoms with E-state index in [-0.39, 0.29) is 26.3 Å². The summed E-state index contributed by atoms with van der Waals surface area (Å²) in [5.74, 6) is -2.01. The standard InChI is InChI=1S/C20H20F2N4O4S2/c1-3-31-20-18(32(28,29)14-7-5-13(30-2)6-8-14)19(23)26(25-20)11-17(27)24-12-4-9-15(21)16(22)10-12/h4-10H,3,11,23H2,1-2H3,(H,24,27). The van der Waals surface area contributed by atoms with E-state index >= 15 is 0 Å². The van der Waals surface area contributed by atoms with E-state index in [0.717, 1.165) is 28.6 Å². The zero-order chi connectivity index (χ0) is 23.5. The van der Waals surface area contributed by atoms with Gasteiger partial charge in [-0.3, -0.25) is 4.79 Å². The van der Waals surface area contributed by atoms with Crippen molar-refractivity contribution in [2.75, 3.05) is 23.9 Å². The van der Waals surface area contributed by atoms with Crippen molar-refractivity contribution < 1.29 is 26.7 Å². The van der Waals surface area contributed by atoms with Crippen LogP contribution in [-0.4, -0.2) is 37.0 Å². The number of nitrogens with zero attached hydrogens (tertiary/aromatic N) is 2. The molecule has 0 atom stereocenters. The van der Waals surface area contributed by atoms with Gasteiger partial charge in [-0.2, -0.15) is 5.10 Å². The molecule has 3 N–H and O–H groups in total. The molecule has 0 fully saturated rings. The Kier molecular flexibility index (Phi) is 7.04. The maximum Gasteiger partial charge on any atom is 0.246 e. The zero-order valence-corrected chi connectivity index (χ0v) is 18.8. The molecule has 0 unspecified atom stereocenters. The van der Waals surface area contributed by atoms with Gasteiger partial charge >= 0.3 is 0 Å². The quantitative estimate of drug-likeness (QED) is 0.473. The summed E-state index contributed by atoms with van der Waals surface area (Å²) < 4.78 is 59.0. The van der Waals surface area contributed by atoms with Crippen molar-refractivity contribution in [3.05, 3.63) is 54.1 Å². The number of sulfone groups is 1. The fourth-order valence-electron chi connectivity index (χ4n) is 2.82. The van der Waals surface area contributed by atoms with Gasteiger partial charge in [0.25, 0.3) is 0 Å². The monoisotopic (exact) mass is 482 g/mol. The second-order valence-electron chi connectivity index (χ2n) is 6.47. The first kappa shape index (κ1) is 23.5. The van der Waals surface area contributed by atoms with E-state index in [2.05, 4.69) is 10.4 Å². The van der Waals surface area contributed by atoms with E-state index < -0.39 is 33.9 Å². The number of nitrogens with one attached hydrogen (secondary N) is 1. The Morgan fingerprint density at radius 1 is 1.19 bits per heavy atom. The normalized spacial score (nSPS) is 11.4. The van der Waals surface area contributed by atoms with Gasteiger partial charge in [0.1, 0.15) is 28.0 Å². The van der Waals surface area contributed by atoms with Crippen LogP contribution in [0.15, 0.2) is 57.3 Å². The summed E-state index contributed by atoms with van der Waals surface area (Å²) in [6.07, 6.45) is 0. The predicted octanol–water partition coefficient (Wildman–Crippen LogP) is 3.34. The molecule has 3 aromatic rings. The average Bonchev–Trinajstić information content (AvgIpc) is 3.06. The lowest BCUT2D eigenvalue weighted by Gasteiger charge is -2.08. The predicted molar refractivity (Wildman–Crippen MR) is 116 cm³/mol. The van der Waals surface area contributed by atoms with Gasteiger partial charge < -0.3 is 15.8 Å². The Bertz CT molecular complexity index is 1250. The smallest absolute Gasteiger partial charge is 0.246 e. The van der Waals surface area contributed by atoms with Crippen LogP contribution in [0.5, 0.6) is 5.75 Å². The average molecular weight is 483 g/mol. The number of nitrogen functional groups attached to an aromatic ring is 1. The number of benzene rings is 2. The maximum atomic E-state index is 13.4. The van der Waals surface area contributed by atoms with Gasteiger partial charge in [0, 0.05) is 11.8 Å². The largest absolute Gasteiger partial charge is 0.497 e. The molecule has 32 heavy (non-hydrogen) atoms. The fraction of sp³-hybridized carbons (Fsp3) is 0.200. The highest BCUT2D eigenvalue weighted by molar-refractivity contribution is 8.00. The Balaban J connectivity index is 1.92. The minimum absolute atomic E-state index is 0.00579. The summed E-state index contributed by atoms with van der Waals surface area (Å²) in [5.41, 5.74) is 6.13. The number of carbonyl (C=O) groups is 1. The number of thioether (sulfide) groups is 1. The van der Waals surface area contributed by atoms with Crippen LogP contribution in [0.4, 0.5) is 20.3 Å². The number of halogens is 2. The SMILES string of the molecule is CCSc1nn(CC(=O)Nc2ccc(F)c(F)c2)c(N)c1S(=O)(=O)c1ccc(OC)cc1. The summed E-state index contributed by atoms with van der Waals surface area (Å²) in [5, 5.41) is 6.75. The summed E-state index contributed by atoms with van der Waals surface area (Å²) in [6, 6.07) is 8.70. The third kappa shape index (κ3) is 4.86. The van der Waals surface area contributed by atoms with Crippen molar-refractivity contribution in [2.24, 2.45) is 0 Å². The summed E-state index contributed by atoms with van der Waals surface area (Å²) in [7, 11) is -2.57. The molecule has 0 aliphatic carbocycles. The Morgan fingerprint density at radius 2 is 1.88 bits per heavy atom. The van der Waals surface area contributed by atoms with Gasteiger partial charge in [-0.15, -0.1) is 11.8 Å². The molecule has 12 heteroatoms. The number of anilines is 2. The number of hydrogen-bond donors (Lipinski definition) is 2. The van der Waals surface area contributed by atoms with E-state index in [1.54, 1.807) is 0 Å². The van der Waals surface area contributed by atoms with Crippen LogP contribution in [0.25, 0.3) is 0 Å². The highest BCUT2D eigenvalue weighted by atomic mass is 32.2. The molecule has 0 radical (unpaired) electrons. The molecular weight excluding hydrogens is 462 g/mol. The highest BCUT2D eigenvalue weighted by Gasteiger charge is 2.30. The van der Waals surface area contributed by atoms with Crippen molar-refractivity contribution in [3.8, 4) is 5.75 Å². The second-order valence-corrected chi connectivity index (χ2v) is 9.61. The topological polar surface area (TPSA) is 116 Å². The van der Waals surface area contributed by atoms with Crippen molar-refractivity contribution in [3.63, 3.8) is 0 Å². The number of hydrogen-bond acceptors (Lipinski definition) is 7. The molecule has 1 aromatic heterocycles. The van der Waals surface area contributed by atoms with Gasteiger partial charge in [-0.05, 0) is 42.2 Å². The van der Waals surface area contributed by atoms with Gasteiger partial charge in [0.05, 0.1) is 12.0 Å². The third-order valence-corrected chi connectivity index (χ3v) is 7.14. The molecule has 0 aliphatic rings. The maximum absolute atomic E-state index is 13.4. The third-order valence-electron chi connectivity index (χ3n) is 4.33. The minimum atomic E-state index is -4.04. The molecule has 1 heterocycles. The van der Waals surface area contributed by atoms with Gasteiger partial charge in [-0.25, -0.2) is 21.9 Å². The highest BCUT2D eigenvalue weighted by Crippen LogP contribution is 2.35. The van der Waals surface area contributed by atoms with Crippen LogP contribution in [-0.2, 0) is 21.2 Å². The van der Waals surface area contributed by atoms with Crippen LogP contribution in [0.1, 0.15) is 6.92 Å². The van der Waals surface area contributed by atoms with E-state index in [0.29, 0.717) is 11.5 Å². The number of nitrogens with two attached hydrogens (primary N) is 1. The van der Waals surface area contributed by atoms with E-state index in [9.17, 15) is 22.0 Å². The fourth-order valence-corrected chi connectivity index (χ4v) is 5.38. The van der Waals surface area contributed by atoms with Crippen molar-refractivity contribution in [1.82, 2.24) is 9.78 Å². The lowest BCUT2D eigenvalue weighted by Crippen LogP contribution is -2.21. The van der Waals surface area contributed by atoms with Crippen LogP contribution in [0, 0.1) is 11.6 Å². The molecule has 2 aromatic carbocycles. The molecule has 170 valence electrons. The van der Waals surface area contributed by atoms with Gasteiger partial charge in [0.15, 0.2) is 11.6 Å². The van der Waals surface area contributed by atoms with Crippen LogP contribution in [0.3, 0.4) is 0 Å². The Labute approximate surface area is 187 Å². The summed E-state index contributed by atoms with van der Waals surface area (Å²) in [4.78, 5) is 12.2. The van der Waals surface area contributed by atoms with Crippen LogP contribution >= 0.6 is 11.8 Å². The van der Waals surface area contributed by atoms with Gasteiger partial charge in [-0.1, -0.05) is 6.92 Å². The lowest BCUT2D eigenvalue weighted by molar-refractivity contribution is -0.116. The molecule has 0 spiro atoms. The number of amides is 1. The molecule has 0 saturated heterocycles. The summed E-state index contributed by atoms with van der Waals surface area (Å²) in [6.45, 7) is 1.39. The first-order valence-electron chi connectivity index (χ1n) is 9.30. The Hall–Kier alpha value is -3.12. The zero-order valence-electron chi connectivity index (χ0n) is 17.1. The number of methoxy groups -OCH3 is 1. The van der Waals surface area contributed by atoms with E-state index in [1.165, 1.54) is 37.4 Å². The van der Waals surface area contributed by atoms with Gasteiger partial charge in [0.2, 0.25) is 15.7 Å². The first-order chi connectivity index (χ1) is 15.2. The molecule has 1 amide bonds. The molecule has 0 aliphatic heterocycles. The molecule has 3 rings (SSSR count). The van der Waals surface area contributed by atoms with Crippen molar-refractivity contribution in [2.45, 2.75) is 28.3 Å². The number of ether oxygens (including phenoxy) is 1. The van der Waals surface area contributed by atoms with Crippen molar-refractivity contribution in [1.29, 1.82) is 0 Å².